The quantitative estimate of drug-likeness (QED) is 0.816. The van der Waals surface area contributed by atoms with Crippen molar-refractivity contribution in [3.05, 3.63) is 33.3 Å². The largest absolute Gasteiger partial charge is 0.388 e. The van der Waals surface area contributed by atoms with Gasteiger partial charge in [0.2, 0.25) is 0 Å². The Morgan fingerprint density at radius 3 is 2.22 bits per heavy atom. The van der Waals surface area contributed by atoms with Crippen molar-refractivity contribution < 1.29 is 5.11 Å². The third kappa shape index (κ3) is 3.83. The standard InChI is InChI=1S/C16H25BrO/c1-10-8-14(17)11(2)7-13(10)15(18)9-12(3)16(4,5)6/h7-8,12,15,18H,9H2,1-6H3. The van der Waals surface area contributed by atoms with Crippen LogP contribution in [0.1, 0.15) is 56.9 Å². The van der Waals surface area contributed by atoms with Crippen LogP contribution in [0.25, 0.3) is 0 Å². The van der Waals surface area contributed by atoms with Crippen LogP contribution in [0.15, 0.2) is 16.6 Å². The molecule has 2 heteroatoms. The molecule has 1 aromatic carbocycles. The van der Waals surface area contributed by atoms with E-state index >= 15 is 0 Å². The summed E-state index contributed by atoms with van der Waals surface area (Å²) in [7, 11) is 0. The van der Waals surface area contributed by atoms with E-state index in [2.05, 4.69) is 69.6 Å². The summed E-state index contributed by atoms with van der Waals surface area (Å²) >= 11 is 3.53. The van der Waals surface area contributed by atoms with E-state index in [1.165, 1.54) is 5.56 Å². The fourth-order valence-electron chi connectivity index (χ4n) is 1.98. The maximum atomic E-state index is 10.4. The smallest absolute Gasteiger partial charge is 0.0795 e. The van der Waals surface area contributed by atoms with Crippen LogP contribution in [0.3, 0.4) is 0 Å². The lowest BCUT2D eigenvalue weighted by molar-refractivity contribution is 0.110. The maximum Gasteiger partial charge on any atom is 0.0795 e. The van der Waals surface area contributed by atoms with E-state index < -0.39 is 0 Å². The van der Waals surface area contributed by atoms with Gasteiger partial charge in [-0.25, -0.2) is 0 Å². The molecular weight excluding hydrogens is 288 g/mol. The zero-order valence-corrected chi connectivity index (χ0v) is 13.9. The molecule has 0 saturated carbocycles. The Morgan fingerprint density at radius 1 is 1.17 bits per heavy atom. The van der Waals surface area contributed by atoms with Crippen LogP contribution in [0, 0.1) is 25.2 Å². The van der Waals surface area contributed by atoms with Crippen LogP contribution in [0.2, 0.25) is 0 Å². The number of aliphatic hydroxyl groups excluding tert-OH is 1. The lowest BCUT2D eigenvalue weighted by Crippen LogP contribution is -2.20. The summed E-state index contributed by atoms with van der Waals surface area (Å²) < 4.78 is 1.11. The molecule has 0 amide bonds. The zero-order valence-electron chi connectivity index (χ0n) is 12.3. The van der Waals surface area contributed by atoms with E-state index in [0.29, 0.717) is 5.92 Å². The van der Waals surface area contributed by atoms with Gasteiger partial charge in [0, 0.05) is 4.47 Å². The van der Waals surface area contributed by atoms with Gasteiger partial charge in [-0.2, -0.15) is 0 Å². The Bertz CT molecular complexity index is 418. The normalized spacial score (nSPS) is 15.6. The van der Waals surface area contributed by atoms with E-state index in [0.717, 1.165) is 22.0 Å². The molecule has 1 N–H and O–H groups in total. The average molecular weight is 313 g/mol. The minimum Gasteiger partial charge on any atom is -0.388 e. The van der Waals surface area contributed by atoms with Gasteiger partial charge in [0.05, 0.1) is 6.10 Å². The first-order chi connectivity index (χ1) is 8.12. The van der Waals surface area contributed by atoms with E-state index in [1.54, 1.807) is 0 Å². The van der Waals surface area contributed by atoms with Crippen molar-refractivity contribution in [1.82, 2.24) is 0 Å². The van der Waals surface area contributed by atoms with Gasteiger partial charge in [-0.3, -0.25) is 0 Å². The number of hydrogen-bond donors (Lipinski definition) is 1. The fourth-order valence-corrected chi connectivity index (χ4v) is 2.44. The first-order valence-electron chi connectivity index (χ1n) is 6.57. The van der Waals surface area contributed by atoms with E-state index in [1.807, 2.05) is 0 Å². The van der Waals surface area contributed by atoms with Crippen LogP contribution in [-0.4, -0.2) is 5.11 Å². The topological polar surface area (TPSA) is 20.2 Å². The Labute approximate surface area is 120 Å². The molecule has 0 aliphatic rings. The molecule has 2 unspecified atom stereocenters. The first-order valence-corrected chi connectivity index (χ1v) is 7.37. The monoisotopic (exact) mass is 312 g/mol. The Morgan fingerprint density at radius 2 is 1.72 bits per heavy atom. The lowest BCUT2D eigenvalue weighted by Gasteiger charge is -2.29. The molecule has 18 heavy (non-hydrogen) atoms. The van der Waals surface area contributed by atoms with Crippen molar-refractivity contribution in [2.24, 2.45) is 11.3 Å². The van der Waals surface area contributed by atoms with Crippen LogP contribution in [0.5, 0.6) is 0 Å². The highest BCUT2D eigenvalue weighted by molar-refractivity contribution is 9.10. The molecule has 0 aliphatic heterocycles. The minimum atomic E-state index is -0.369. The number of benzene rings is 1. The van der Waals surface area contributed by atoms with E-state index in [-0.39, 0.29) is 11.5 Å². The second kappa shape index (κ2) is 5.75. The van der Waals surface area contributed by atoms with Gasteiger partial charge in [-0.05, 0) is 54.4 Å². The molecule has 0 radical (unpaired) electrons. The molecule has 0 heterocycles. The first kappa shape index (κ1) is 15.7. The highest BCUT2D eigenvalue weighted by atomic mass is 79.9. The number of rotatable bonds is 3. The van der Waals surface area contributed by atoms with Crippen LogP contribution >= 0.6 is 15.9 Å². The van der Waals surface area contributed by atoms with Gasteiger partial charge >= 0.3 is 0 Å². The number of aryl methyl sites for hydroxylation is 2. The van der Waals surface area contributed by atoms with Crippen LogP contribution in [0.4, 0.5) is 0 Å². The van der Waals surface area contributed by atoms with Crippen molar-refractivity contribution in [3.63, 3.8) is 0 Å². The minimum absolute atomic E-state index is 0.235. The van der Waals surface area contributed by atoms with Crippen LogP contribution in [-0.2, 0) is 0 Å². The summed E-state index contributed by atoms with van der Waals surface area (Å²) in [5.74, 6) is 0.482. The van der Waals surface area contributed by atoms with Gasteiger partial charge in [-0.1, -0.05) is 49.7 Å². The zero-order chi connectivity index (χ0) is 14.1. The molecule has 1 nitrogen and oxygen atoms in total. The van der Waals surface area contributed by atoms with Gasteiger partial charge in [-0.15, -0.1) is 0 Å². The Balaban J connectivity index is 2.91. The Hall–Kier alpha value is -0.340. The predicted molar refractivity (Wildman–Crippen MR) is 81.8 cm³/mol. The second-order valence-electron chi connectivity index (χ2n) is 6.48. The van der Waals surface area contributed by atoms with Gasteiger partial charge < -0.3 is 5.11 Å². The highest BCUT2D eigenvalue weighted by Gasteiger charge is 2.24. The molecule has 0 saturated heterocycles. The molecular formula is C16H25BrO. The molecule has 1 rings (SSSR count). The molecule has 102 valence electrons. The summed E-state index contributed by atoms with van der Waals surface area (Å²) in [6.45, 7) is 13.0. The van der Waals surface area contributed by atoms with Crippen molar-refractivity contribution in [1.29, 1.82) is 0 Å². The number of aliphatic hydroxyl groups is 1. The second-order valence-corrected chi connectivity index (χ2v) is 7.33. The molecule has 0 spiro atoms. The van der Waals surface area contributed by atoms with Gasteiger partial charge in [0.15, 0.2) is 0 Å². The van der Waals surface area contributed by atoms with Gasteiger partial charge in [0.25, 0.3) is 0 Å². The van der Waals surface area contributed by atoms with E-state index in [9.17, 15) is 5.11 Å². The molecule has 2 atom stereocenters. The van der Waals surface area contributed by atoms with Gasteiger partial charge in [0.1, 0.15) is 0 Å². The van der Waals surface area contributed by atoms with Crippen molar-refractivity contribution >= 4 is 15.9 Å². The third-order valence-electron chi connectivity index (χ3n) is 3.96. The average Bonchev–Trinajstić information content (AvgIpc) is 2.21. The SMILES string of the molecule is Cc1cc(C(O)CC(C)C(C)(C)C)c(C)cc1Br. The van der Waals surface area contributed by atoms with Crippen LogP contribution < -0.4 is 0 Å². The Kier molecular flexibility index (Phi) is 5.02. The maximum absolute atomic E-state index is 10.4. The number of halogens is 1. The summed E-state index contributed by atoms with van der Waals surface area (Å²) in [5, 5.41) is 10.4. The van der Waals surface area contributed by atoms with Crippen molar-refractivity contribution in [2.45, 2.75) is 54.1 Å². The summed E-state index contributed by atoms with van der Waals surface area (Å²) in [5.41, 5.74) is 3.63. The van der Waals surface area contributed by atoms with Crippen molar-refractivity contribution in [2.75, 3.05) is 0 Å². The third-order valence-corrected chi connectivity index (χ3v) is 4.82. The molecule has 1 aromatic rings. The summed E-state index contributed by atoms with van der Waals surface area (Å²) in [4.78, 5) is 0. The highest BCUT2D eigenvalue weighted by Crippen LogP contribution is 2.35. The predicted octanol–water partition coefficient (Wildman–Crippen LogP) is 5.17. The molecule has 0 aliphatic carbocycles. The fraction of sp³-hybridized carbons (Fsp3) is 0.625. The number of hydrogen-bond acceptors (Lipinski definition) is 1. The molecule has 0 bridgehead atoms. The summed E-state index contributed by atoms with van der Waals surface area (Å²) in [6, 6.07) is 4.19. The van der Waals surface area contributed by atoms with Crippen molar-refractivity contribution in [3.8, 4) is 0 Å². The summed E-state index contributed by atoms with van der Waals surface area (Å²) in [6.07, 6.45) is 0.442. The molecule has 0 fully saturated rings. The molecule has 0 aromatic heterocycles. The lowest BCUT2D eigenvalue weighted by atomic mass is 9.78. The van der Waals surface area contributed by atoms with E-state index in [4.69, 9.17) is 0 Å².